The van der Waals surface area contributed by atoms with Gasteiger partial charge < -0.3 is 4.74 Å². The number of halogens is 3. The van der Waals surface area contributed by atoms with Crippen molar-refractivity contribution in [3.05, 3.63) is 23.5 Å². The molecule has 1 aromatic heterocycles. The van der Waals surface area contributed by atoms with E-state index >= 15 is 0 Å². The summed E-state index contributed by atoms with van der Waals surface area (Å²) in [6, 6.07) is 1.57. The molecule has 1 fully saturated rings. The summed E-state index contributed by atoms with van der Waals surface area (Å²) in [6.45, 7) is 0.493. The summed E-state index contributed by atoms with van der Waals surface area (Å²) < 4.78 is 41.0. The van der Waals surface area contributed by atoms with E-state index in [0.29, 0.717) is 17.4 Å². The quantitative estimate of drug-likeness (QED) is 0.796. The van der Waals surface area contributed by atoms with Gasteiger partial charge in [-0.25, -0.2) is 0 Å². The summed E-state index contributed by atoms with van der Waals surface area (Å²) >= 11 is 0. The zero-order valence-corrected chi connectivity index (χ0v) is 8.84. The van der Waals surface area contributed by atoms with Crippen molar-refractivity contribution in [1.82, 2.24) is 4.98 Å². The number of hydrogen-bond acceptors (Lipinski definition) is 2. The molecule has 1 aliphatic carbocycles. The van der Waals surface area contributed by atoms with Crippen molar-refractivity contribution in [2.45, 2.75) is 31.9 Å². The number of rotatable bonds is 3. The molecule has 0 amide bonds. The minimum atomic E-state index is -4.29. The smallest absolute Gasteiger partial charge is 0.422 e. The fourth-order valence-corrected chi connectivity index (χ4v) is 1.53. The second-order valence-corrected chi connectivity index (χ2v) is 4.04. The Balaban J connectivity index is 2.14. The average Bonchev–Trinajstić information content (AvgIpc) is 2.97. The number of aryl methyl sites for hydroxylation is 1. The van der Waals surface area contributed by atoms with E-state index in [-0.39, 0.29) is 0 Å². The van der Waals surface area contributed by atoms with Gasteiger partial charge in [0.2, 0.25) is 0 Å². The molecule has 1 saturated carbocycles. The normalized spacial score (nSPS) is 16.2. The minimum Gasteiger partial charge on any atom is -0.484 e. The summed E-state index contributed by atoms with van der Waals surface area (Å²) in [4.78, 5) is 4.08. The molecule has 0 aliphatic heterocycles. The van der Waals surface area contributed by atoms with Crippen LogP contribution in [0.4, 0.5) is 13.2 Å². The van der Waals surface area contributed by atoms with Crippen LogP contribution in [0, 0.1) is 6.92 Å². The van der Waals surface area contributed by atoms with Crippen molar-refractivity contribution in [2.75, 3.05) is 6.61 Å². The third-order valence-electron chi connectivity index (χ3n) is 2.44. The Morgan fingerprint density at radius 1 is 1.44 bits per heavy atom. The predicted molar refractivity (Wildman–Crippen MR) is 52.5 cm³/mol. The number of alkyl halides is 3. The van der Waals surface area contributed by atoms with E-state index in [0.717, 1.165) is 18.4 Å². The van der Waals surface area contributed by atoms with E-state index in [1.165, 1.54) is 0 Å². The van der Waals surface area contributed by atoms with Gasteiger partial charge in [-0.3, -0.25) is 4.98 Å². The van der Waals surface area contributed by atoms with Crippen LogP contribution in [0.2, 0.25) is 0 Å². The molecule has 1 aromatic rings. The lowest BCUT2D eigenvalue weighted by Crippen LogP contribution is -2.19. The molecule has 0 bridgehead atoms. The molecule has 0 atom stereocenters. The second kappa shape index (κ2) is 3.96. The maximum absolute atomic E-state index is 12.0. The van der Waals surface area contributed by atoms with Crippen LogP contribution in [0.5, 0.6) is 5.75 Å². The molecular weight excluding hydrogens is 219 g/mol. The Morgan fingerprint density at radius 2 is 2.12 bits per heavy atom. The van der Waals surface area contributed by atoms with Crippen LogP contribution >= 0.6 is 0 Å². The van der Waals surface area contributed by atoms with E-state index < -0.39 is 12.8 Å². The summed E-state index contributed by atoms with van der Waals surface area (Å²) in [5.41, 5.74) is 1.47. The predicted octanol–water partition coefficient (Wildman–Crippen LogP) is 3.21. The first-order valence-electron chi connectivity index (χ1n) is 5.12. The van der Waals surface area contributed by atoms with Gasteiger partial charge in [-0.2, -0.15) is 13.2 Å². The largest absolute Gasteiger partial charge is 0.484 e. The molecule has 88 valence electrons. The molecule has 0 radical (unpaired) electrons. The van der Waals surface area contributed by atoms with E-state index in [2.05, 4.69) is 4.98 Å². The first kappa shape index (κ1) is 11.2. The van der Waals surface area contributed by atoms with Crippen LogP contribution in [0.15, 0.2) is 12.3 Å². The van der Waals surface area contributed by atoms with Crippen molar-refractivity contribution in [2.24, 2.45) is 0 Å². The van der Waals surface area contributed by atoms with Gasteiger partial charge in [-0.15, -0.1) is 0 Å². The van der Waals surface area contributed by atoms with Crippen LogP contribution in [-0.2, 0) is 0 Å². The maximum atomic E-state index is 12.0. The van der Waals surface area contributed by atoms with Gasteiger partial charge in [0, 0.05) is 23.5 Å². The monoisotopic (exact) mass is 231 g/mol. The molecule has 5 heteroatoms. The van der Waals surface area contributed by atoms with Crippen molar-refractivity contribution in [3.8, 4) is 5.75 Å². The van der Waals surface area contributed by atoms with E-state index in [1.54, 1.807) is 19.2 Å². The zero-order valence-electron chi connectivity index (χ0n) is 8.84. The van der Waals surface area contributed by atoms with Crippen molar-refractivity contribution >= 4 is 0 Å². The van der Waals surface area contributed by atoms with Crippen molar-refractivity contribution in [3.63, 3.8) is 0 Å². The summed E-state index contributed by atoms with van der Waals surface area (Å²) in [5.74, 6) is 0.656. The van der Waals surface area contributed by atoms with Gasteiger partial charge in [0.05, 0.1) is 0 Å². The Hall–Kier alpha value is -1.26. The molecular formula is C11H12F3NO. The number of nitrogens with zero attached hydrogens (tertiary/aromatic N) is 1. The SMILES string of the molecule is Cc1cc(OCC(F)(F)F)c(C2CC2)cn1. The molecule has 16 heavy (non-hydrogen) atoms. The Labute approximate surface area is 91.4 Å². The van der Waals surface area contributed by atoms with Gasteiger partial charge in [0.25, 0.3) is 0 Å². The molecule has 1 heterocycles. The van der Waals surface area contributed by atoms with Crippen LogP contribution in [0.25, 0.3) is 0 Å². The third-order valence-corrected chi connectivity index (χ3v) is 2.44. The third kappa shape index (κ3) is 2.87. The highest BCUT2D eigenvalue weighted by Gasteiger charge is 2.31. The number of aromatic nitrogens is 1. The lowest BCUT2D eigenvalue weighted by Gasteiger charge is -2.13. The van der Waals surface area contributed by atoms with Gasteiger partial charge in [-0.1, -0.05) is 0 Å². The number of ether oxygens (including phenoxy) is 1. The van der Waals surface area contributed by atoms with E-state index in [9.17, 15) is 13.2 Å². The van der Waals surface area contributed by atoms with E-state index in [1.807, 2.05) is 0 Å². The first-order valence-corrected chi connectivity index (χ1v) is 5.12. The average molecular weight is 231 g/mol. The highest BCUT2D eigenvalue weighted by Crippen LogP contribution is 2.44. The number of pyridine rings is 1. The van der Waals surface area contributed by atoms with Crippen molar-refractivity contribution in [1.29, 1.82) is 0 Å². The molecule has 0 aromatic carbocycles. The van der Waals surface area contributed by atoms with Gasteiger partial charge >= 0.3 is 6.18 Å². The Kier molecular flexibility index (Phi) is 2.78. The molecule has 0 unspecified atom stereocenters. The topological polar surface area (TPSA) is 22.1 Å². The molecule has 0 N–H and O–H groups in total. The highest BCUT2D eigenvalue weighted by molar-refractivity contribution is 5.38. The maximum Gasteiger partial charge on any atom is 0.422 e. The van der Waals surface area contributed by atoms with Crippen molar-refractivity contribution < 1.29 is 17.9 Å². The molecule has 2 rings (SSSR count). The summed E-state index contributed by atoms with van der Waals surface area (Å²) in [6.07, 6.45) is -0.656. The van der Waals surface area contributed by atoms with Crippen LogP contribution in [-0.4, -0.2) is 17.8 Å². The standard InChI is InChI=1S/C11H12F3NO/c1-7-4-10(16-6-11(12,13)14)9(5-15-7)8-2-3-8/h4-5,8H,2-3,6H2,1H3. The molecule has 1 aliphatic rings. The molecule has 2 nitrogen and oxygen atoms in total. The van der Waals surface area contributed by atoms with E-state index in [4.69, 9.17) is 4.74 Å². The highest BCUT2D eigenvalue weighted by atomic mass is 19.4. The Morgan fingerprint density at radius 3 is 2.69 bits per heavy atom. The van der Waals surface area contributed by atoms with Crippen LogP contribution in [0.3, 0.4) is 0 Å². The second-order valence-electron chi connectivity index (χ2n) is 4.04. The van der Waals surface area contributed by atoms with Gasteiger partial charge in [0.1, 0.15) is 5.75 Å². The van der Waals surface area contributed by atoms with Gasteiger partial charge in [-0.05, 0) is 25.7 Å². The molecule has 0 spiro atoms. The first-order chi connectivity index (χ1) is 7.46. The summed E-state index contributed by atoms with van der Waals surface area (Å²) in [7, 11) is 0. The number of hydrogen-bond donors (Lipinski definition) is 0. The van der Waals surface area contributed by atoms with Crippen LogP contribution in [0.1, 0.15) is 30.0 Å². The Bertz CT molecular complexity index is 385. The lowest BCUT2D eigenvalue weighted by molar-refractivity contribution is -0.153. The minimum absolute atomic E-state index is 0.326. The van der Waals surface area contributed by atoms with Crippen LogP contribution < -0.4 is 4.74 Å². The lowest BCUT2D eigenvalue weighted by atomic mass is 10.1. The summed E-state index contributed by atoms with van der Waals surface area (Å²) in [5, 5.41) is 0. The van der Waals surface area contributed by atoms with Gasteiger partial charge in [0.15, 0.2) is 6.61 Å². The molecule has 0 saturated heterocycles. The fraction of sp³-hybridized carbons (Fsp3) is 0.545. The zero-order chi connectivity index (χ0) is 11.8. The fourth-order valence-electron chi connectivity index (χ4n) is 1.53.